The fourth-order valence-corrected chi connectivity index (χ4v) is 5.05. The maximum atomic E-state index is 8.76. The van der Waals surface area contributed by atoms with E-state index in [4.69, 9.17) is 5.26 Å². The Morgan fingerprint density at radius 1 is 1.19 bits per heavy atom. The molecule has 16 heavy (non-hydrogen) atoms. The van der Waals surface area contributed by atoms with Crippen LogP contribution >= 0.6 is 0 Å². The third-order valence-corrected chi connectivity index (χ3v) is 5.00. The van der Waals surface area contributed by atoms with Gasteiger partial charge in [0, 0.05) is 0 Å². The molecule has 0 unspecified atom stereocenters. The first-order valence-corrected chi connectivity index (χ1v) is 6.74. The molecule has 86 valence electrons. The van der Waals surface area contributed by atoms with Crippen molar-refractivity contribution < 1.29 is 0 Å². The van der Waals surface area contributed by atoms with Gasteiger partial charge in [0.1, 0.15) is 0 Å². The van der Waals surface area contributed by atoms with Gasteiger partial charge < -0.3 is 0 Å². The lowest BCUT2D eigenvalue weighted by Gasteiger charge is -2.56. The normalized spacial score (nSPS) is 45.8. The largest absolute Gasteiger partial charge is 0.198 e. The first-order valence-electron chi connectivity index (χ1n) is 6.74. The van der Waals surface area contributed by atoms with E-state index in [9.17, 15) is 0 Å². The summed E-state index contributed by atoms with van der Waals surface area (Å²) in [6.07, 6.45) is 11.9. The van der Waals surface area contributed by atoms with E-state index in [1.54, 1.807) is 0 Å². The molecule has 0 heterocycles. The van der Waals surface area contributed by atoms with Crippen LogP contribution in [0.3, 0.4) is 0 Å². The highest BCUT2D eigenvalue weighted by Gasteiger charge is 2.49. The van der Waals surface area contributed by atoms with Crippen LogP contribution in [0.4, 0.5) is 0 Å². The zero-order valence-corrected chi connectivity index (χ0v) is 10.2. The molecule has 4 aliphatic rings. The van der Waals surface area contributed by atoms with Gasteiger partial charge in [0.2, 0.25) is 0 Å². The first kappa shape index (κ1) is 10.4. The predicted octanol–water partition coefficient (Wildman–Crippen LogP) is 4.06. The smallest absolute Gasteiger partial charge is 0.0666 e. The predicted molar refractivity (Wildman–Crippen MR) is 64.6 cm³/mol. The van der Waals surface area contributed by atoms with Crippen molar-refractivity contribution in [2.45, 2.75) is 51.9 Å². The fourth-order valence-electron chi connectivity index (χ4n) is 5.05. The van der Waals surface area contributed by atoms with Gasteiger partial charge in [0.05, 0.1) is 12.5 Å². The minimum atomic E-state index is 0.510. The summed E-state index contributed by atoms with van der Waals surface area (Å²) in [5.74, 6) is 3.03. The average Bonchev–Trinajstić information content (AvgIpc) is 2.13. The topological polar surface area (TPSA) is 23.8 Å². The van der Waals surface area contributed by atoms with Gasteiger partial charge in [-0.3, -0.25) is 0 Å². The maximum Gasteiger partial charge on any atom is 0.0666 e. The van der Waals surface area contributed by atoms with Gasteiger partial charge in [-0.1, -0.05) is 11.6 Å². The number of hydrogen-bond acceptors (Lipinski definition) is 1. The van der Waals surface area contributed by atoms with Crippen LogP contribution in [0.1, 0.15) is 51.9 Å². The minimum absolute atomic E-state index is 0.510. The number of allylic oxidation sites excluding steroid dienone is 2. The molecule has 4 bridgehead atoms. The third kappa shape index (κ3) is 1.69. The van der Waals surface area contributed by atoms with Gasteiger partial charge in [-0.2, -0.15) is 5.26 Å². The molecule has 4 aliphatic carbocycles. The van der Waals surface area contributed by atoms with Crippen molar-refractivity contribution in [3.63, 3.8) is 0 Å². The van der Waals surface area contributed by atoms with Crippen LogP contribution in [-0.4, -0.2) is 0 Å². The quantitative estimate of drug-likeness (QED) is 0.637. The Hall–Kier alpha value is -0.770. The summed E-state index contributed by atoms with van der Waals surface area (Å²) < 4.78 is 0. The minimum Gasteiger partial charge on any atom is -0.198 e. The Morgan fingerprint density at radius 2 is 1.69 bits per heavy atom. The average molecular weight is 215 g/mol. The van der Waals surface area contributed by atoms with Gasteiger partial charge in [0.15, 0.2) is 0 Å². The number of nitriles is 1. The highest BCUT2D eigenvalue weighted by atomic mass is 14.5. The Labute approximate surface area is 98.5 Å². The van der Waals surface area contributed by atoms with Crippen molar-refractivity contribution >= 4 is 0 Å². The first-order chi connectivity index (χ1) is 7.69. The van der Waals surface area contributed by atoms with Gasteiger partial charge in [-0.25, -0.2) is 0 Å². The molecule has 4 rings (SSSR count). The summed E-state index contributed by atoms with van der Waals surface area (Å²) in [5.41, 5.74) is 1.82. The molecule has 4 saturated carbocycles. The van der Waals surface area contributed by atoms with Gasteiger partial charge in [-0.05, 0) is 68.6 Å². The van der Waals surface area contributed by atoms with Crippen LogP contribution in [-0.2, 0) is 0 Å². The van der Waals surface area contributed by atoms with E-state index >= 15 is 0 Å². The molecule has 1 heteroatoms. The molecule has 0 radical (unpaired) electrons. The summed E-state index contributed by atoms with van der Waals surface area (Å²) in [6, 6.07) is 2.28. The van der Waals surface area contributed by atoms with Crippen molar-refractivity contribution in [1.82, 2.24) is 0 Å². The molecule has 0 aliphatic heterocycles. The molecule has 0 atom stereocenters. The van der Waals surface area contributed by atoms with Gasteiger partial charge in [-0.15, -0.1) is 0 Å². The number of nitrogens with zero attached hydrogens (tertiary/aromatic N) is 1. The van der Waals surface area contributed by atoms with E-state index in [1.165, 1.54) is 44.1 Å². The molecule has 0 amide bonds. The second kappa shape index (κ2) is 3.62. The monoisotopic (exact) mass is 215 g/mol. The zero-order valence-electron chi connectivity index (χ0n) is 10.2. The van der Waals surface area contributed by atoms with Crippen molar-refractivity contribution in [1.29, 1.82) is 5.26 Å². The molecule has 0 saturated heterocycles. The van der Waals surface area contributed by atoms with Crippen LogP contribution in [0, 0.1) is 34.5 Å². The second-order valence-corrected chi connectivity index (χ2v) is 6.61. The lowest BCUT2D eigenvalue weighted by Crippen LogP contribution is -2.45. The molecule has 1 nitrogen and oxygen atoms in total. The molecule has 0 aromatic carbocycles. The lowest BCUT2D eigenvalue weighted by molar-refractivity contribution is -0.0241. The number of hydrogen-bond donors (Lipinski definition) is 0. The van der Waals surface area contributed by atoms with Crippen LogP contribution in [0.5, 0.6) is 0 Å². The van der Waals surface area contributed by atoms with E-state index in [1.807, 2.05) is 0 Å². The van der Waals surface area contributed by atoms with Gasteiger partial charge in [0.25, 0.3) is 0 Å². The number of rotatable bonds is 2. The molecular weight excluding hydrogens is 194 g/mol. The van der Waals surface area contributed by atoms with Crippen molar-refractivity contribution in [2.75, 3.05) is 0 Å². The summed E-state index contributed by atoms with van der Waals surface area (Å²) in [5, 5.41) is 8.76. The zero-order chi connectivity index (χ0) is 11.2. The molecule has 0 N–H and O–H groups in total. The van der Waals surface area contributed by atoms with Crippen LogP contribution in [0.2, 0.25) is 0 Å². The highest BCUT2D eigenvalue weighted by Crippen LogP contribution is 2.60. The van der Waals surface area contributed by atoms with Crippen molar-refractivity contribution in [3.05, 3.63) is 11.6 Å². The van der Waals surface area contributed by atoms with E-state index in [0.717, 1.165) is 17.8 Å². The van der Waals surface area contributed by atoms with E-state index in [-0.39, 0.29) is 0 Å². The third-order valence-electron chi connectivity index (χ3n) is 5.00. The van der Waals surface area contributed by atoms with E-state index in [0.29, 0.717) is 11.8 Å². The lowest BCUT2D eigenvalue weighted by atomic mass is 9.49. The molecule has 4 fully saturated rings. The van der Waals surface area contributed by atoms with E-state index < -0.39 is 0 Å². The van der Waals surface area contributed by atoms with Gasteiger partial charge >= 0.3 is 0 Å². The van der Waals surface area contributed by atoms with Crippen LogP contribution < -0.4 is 0 Å². The fraction of sp³-hybridized carbons (Fsp3) is 0.800. The summed E-state index contributed by atoms with van der Waals surface area (Å²) in [7, 11) is 0. The van der Waals surface area contributed by atoms with Crippen LogP contribution in [0.25, 0.3) is 0 Å². The maximum absolute atomic E-state index is 8.76. The summed E-state index contributed by atoms with van der Waals surface area (Å²) in [4.78, 5) is 0. The summed E-state index contributed by atoms with van der Waals surface area (Å²) >= 11 is 0. The Bertz CT molecular complexity index is 323. The Balaban J connectivity index is 1.84. The van der Waals surface area contributed by atoms with E-state index in [2.05, 4.69) is 19.1 Å². The SMILES string of the molecule is C/C(=C\C12CC3CC(CC(C3)C1)C2)CC#N. The molecular formula is C15H21N. The second-order valence-electron chi connectivity index (χ2n) is 6.61. The van der Waals surface area contributed by atoms with Crippen molar-refractivity contribution in [3.8, 4) is 6.07 Å². The molecule has 0 aromatic rings. The highest BCUT2D eigenvalue weighted by molar-refractivity contribution is 5.16. The van der Waals surface area contributed by atoms with Crippen molar-refractivity contribution in [2.24, 2.45) is 23.2 Å². The Kier molecular flexibility index (Phi) is 2.35. The Morgan fingerprint density at radius 3 is 2.12 bits per heavy atom. The summed E-state index contributed by atoms with van der Waals surface area (Å²) in [6.45, 7) is 2.14. The van der Waals surface area contributed by atoms with Crippen LogP contribution in [0.15, 0.2) is 11.6 Å². The standard InChI is InChI=1S/C15H21N/c1-11(2-3-16)7-15-8-12-4-13(9-15)6-14(5-12)10-15/h7,12-14H,2,4-6,8-10H2,1H3/b11-7+. The molecule has 0 spiro atoms. The molecule has 0 aromatic heterocycles.